The zero-order valence-corrected chi connectivity index (χ0v) is 10.3. The number of nitrogens with two attached hydrogens (primary N) is 1. The second kappa shape index (κ2) is 4.60. The highest BCUT2D eigenvalue weighted by Gasteiger charge is 2.54. The van der Waals surface area contributed by atoms with Crippen molar-refractivity contribution in [3.63, 3.8) is 0 Å². The second-order valence-electron chi connectivity index (χ2n) is 4.17. The predicted molar refractivity (Wildman–Crippen MR) is 59.9 cm³/mol. The number of nitrogens with zero attached hydrogens (tertiary/aromatic N) is 2. The number of hydrogen-bond donors (Lipinski definition) is 2. The van der Waals surface area contributed by atoms with E-state index in [-0.39, 0.29) is 5.69 Å². The molecule has 1 unspecified atom stereocenters. The molecule has 0 bridgehead atoms. The van der Waals surface area contributed by atoms with Crippen LogP contribution in [0, 0.1) is 0 Å². The average Bonchev–Trinajstić information content (AvgIpc) is 2.56. The van der Waals surface area contributed by atoms with Gasteiger partial charge in [0.25, 0.3) is 5.91 Å². The lowest BCUT2D eigenvalue weighted by Gasteiger charge is -2.25. The van der Waals surface area contributed by atoms with Gasteiger partial charge in [-0.15, -0.1) is 0 Å². The maximum absolute atomic E-state index is 12.6. The van der Waals surface area contributed by atoms with Gasteiger partial charge in [0, 0.05) is 13.2 Å². The Bertz CT molecular complexity index is 450. The molecule has 3 N–H and O–H groups in total. The number of carbonyl (C=O) groups excluding carboxylic acids is 1. The monoisotopic (exact) mass is 264 g/mol. The summed E-state index contributed by atoms with van der Waals surface area (Å²) in [6.45, 7) is 2.41. The van der Waals surface area contributed by atoms with Crippen LogP contribution in [0.1, 0.15) is 19.5 Å². The molecule has 1 aromatic heterocycles. The third kappa shape index (κ3) is 2.63. The van der Waals surface area contributed by atoms with Gasteiger partial charge >= 0.3 is 6.18 Å². The first kappa shape index (κ1) is 14.5. The fourth-order valence-electron chi connectivity index (χ4n) is 1.28. The van der Waals surface area contributed by atoms with E-state index in [0.29, 0.717) is 19.0 Å². The molecule has 0 fully saturated rings. The van der Waals surface area contributed by atoms with Gasteiger partial charge in [0.1, 0.15) is 0 Å². The van der Waals surface area contributed by atoms with Crippen molar-refractivity contribution in [2.45, 2.75) is 32.0 Å². The van der Waals surface area contributed by atoms with E-state index >= 15 is 0 Å². The molecule has 0 aliphatic rings. The van der Waals surface area contributed by atoms with E-state index in [9.17, 15) is 18.0 Å². The van der Waals surface area contributed by atoms with Crippen LogP contribution in [0.4, 0.5) is 18.9 Å². The highest BCUT2D eigenvalue weighted by molar-refractivity contribution is 5.98. The number of anilines is 1. The number of hydrogen-bond acceptors (Lipinski definition) is 3. The molecule has 0 aliphatic heterocycles. The summed E-state index contributed by atoms with van der Waals surface area (Å²) >= 11 is 0. The molecule has 0 aliphatic carbocycles. The Morgan fingerprint density at radius 1 is 1.56 bits per heavy atom. The standard InChI is InChI=1S/C10H15F3N4O/c1-4-6-7(5-17(3)16-6)15-8(18)9(2,14)10(11,12)13/h5H,4,14H2,1-3H3,(H,15,18). The molecule has 1 amide bonds. The van der Waals surface area contributed by atoms with E-state index in [4.69, 9.17) is 5.73 Å². The van der Waals surface area contributed by atoms with Gasteiger partial charge in [-0.2, -0.15) is 18.3 Å². The molecule has 0 saturated carbocycles. The van der Waals surface area contributed by atoms with Crippen molar-refractivity contribution in [1.82, 2.24) is 9.78 Å². The first-order valence-corrected chi connectivity index (χ1v) is 5.29. The minimum Gasteiger partial charge on any atom is -0.321 e. The van der Waals surface area contributed by atoms with Crippen LogP contribution in [0.25, 0.3) is 0 Å². The molecule has 0 radical (unpaired) electrons. The normalized spacial score (nSPS) is 15.3. The van der Waals surface area contributed by atoms with E-state index in [2.05, 4.69) is 10.4 Å². The maximum Gasteiger partial charge on any atom is 0.415 e. The number of halogens is 3. The molecule has 0 spiro atoms. The van der Waals surface area contributed by atoms with Gasteiger partial charge in [0.05, 0.1) is 11.4 Å². The second-order valence-corrected chi connectivity index (χ2v) is 4.17. The van der Waals surface area contributed by atoms with Gasteiger partial charge in [-0.25, -0.2) is 0 Å². The van der Waals surface area contributed by atoms with Crippen molar-refractivity contribution >= 4 is 11.6 Å². The molecule has 18 heavy (non-hydrogen) atoms. The minimum absolute atomic E-state index is 0.242. The van der Waals surface area contributed by atoms with Crippen molar-refractivity contribution in [1.29, 1.82) is 0 Å². The lowest BCUT2D eigenvalue weighted by molar-refractivity contribution is -0.184. The summed E-state index contributed by atoms with van der Waals surface area (Å²) in [5, 5.41) is 6.17. The van der Waals surface area contributed by atoms with Crippen molar-refractivity contribution < 1.29 is 18.0 Å². The molecule has 0 aromatic carbocycles. The van der Waals surface area contributed by atoms with Crippen LogP contribution >= 0.6 is 0 Å². The fraction of sp³-hybridized carbons (Fsp3) is 0.600. The predicted octanol–water partition coefficient (Wildman–Crippen LogP) is 1.20. The third-order valence-electron chi connectivity index (χ3n) is 2.55. The summed E-state index contributed by atoms with van der Waals surface area (Å²) in [7, 11) is 1.61. The lowest BCUT2D eigenvalue weighted by Crippen LogP contribution is -2.59. The van der Waals surface area contributed by atoms with Crippen LogP contribution in [0.2, 0.25) is 0 Å². The van der Waals surface area contributed by atoms with Crippen LogP contribution in [0.15, 0.2) is 6.20 Å². The highest BCUT2D eigenvalue weighted by Crippen LogP contribution is 2.29. The maximum atomic E-state index is 12.6. The van der Waals surface area contributed by atoms with Crippen LogP contribution < -0.4 is 11.1 Å². The van der Waals surface area contributed by atoms with Crippen LogP contribution in [0.3, 0.4) is 0 Å². The zero-order valence-electron chi connectivity index (χ0n) is 10.3. The highest BCUT2D eigenvalue weighted by atomic mass is 19.4. The lowest BCUT2D eigenvalue weighted by atomic mass is 10.0. The largest absolute Gasteiger partial charge is 0.415 e. The van der Waals surface area contributed by atoms with Crippen LogP contribution in [-0.2, 0) is 18.3 Å². The Morgan fingerprint density at radius 3 is 2.56 bits per heavy atom. The molecule has 1 aromatic rings. The molecular formula is C10H15F3N4O. The van der Waals surface area contributed by atoms with Gasteiger partial charge in [0.15, 0.2) is 5.54 Å². The van der Waals surface area contributed by atoms with Crippen molar-refractivity contribution in [3.05, 3.63) is 11.9 Å². The van der Waals surface area contributed by atoms with Crippen molar-refractivity contribution in [3.8, 4) is 0 Å². The van der Waals surface area contributed by atoms with E-state index < -0.39 is 17.6 Å². The molecule has 0 saturated heterocycles. The van der Waals surface area contributed by atoms with E-state index in [1.165, 1.54) is 10.9 Å². The van der Waals surface area contributed by atoms with Gasteiger partial charge in [-0.05, 0) is 13.3 Å². The van der Waals surface area contributed by atoms with Gasteiger partial charge in [0.2, 0.25) is 0 Å². The Hall–Kier alpha value is -1.57. The summed E-state index contributed by atoms with van der Waals surface area (Å²) in [5.74, 6) is -1.31. The fourth-order valence-corrected chi connectivity index (χ4v) is 1.28. The van der Waals surface area contributed by atoms with Gasteiger partial charge in [-0.3, -0.25) is 9.48 Å². The number of nitrogens with one attached hydrogen (secondary N) is 1. The minimum atomic E-state index is -4.81. The molecule has 1 atom stereocenters. The average molecular weight is 264 g/mol. The zero-order chi connectivity index (χ0) is 14.1. The van der Waals surface area contributed by atoms with Gasteiger partial charge < -0.3 is 11.1 Å². The molecule has 1 rings (SSSR count). The molecular weight excluding hydrogens is 249 g/mol. The Morgan fingerprint density at radius 2 is 2.11 bits per heavy atom. The number of alkyl halides is 3. The summed E-state index contributed by atoms with van der Waals surface area (Å²) in [6.07, 6.45) is -2.89. The number of amides is 1. The smallest absolute Gasteiger partial charge is 0.321 e. The molecule has 1 heterocycles. The van der Waals surface area contributed by atoms with E-state index in [1.807, 2.05) is 0 Å². The van der Waals surface area contributed by atoms with Crippen LogP contribution in [-0.4, -0.2) is 27.4 Å². The number of aromatic nitrogens is 2. The van der Waals surface area contributed by atoms with Crippen LogP contribution in [0.5, 0.6) is 0 Å². The van der Waals surface area contributed by atoms with Gasteiger partial charge in [-0.1, -0.05) is 6.92 Å². The third-order valence-corrected chi connectivity index (χ3v) is 2.55. The molecule has 8 heteroatoms. The van der Waals surface area contributed by atoms with Crippen molar-refractivity contribution in [2.24, 2.45) is 12.8 Å². The summed E-state index contributed by atoms with van der Waals surface area (Å²) in [6, 6.07) is 0. The van der Waals surface area contributed by atoms with E-state index in [0.717, 1.165) is 0 Å². The quantitative estimate of drug-likeness (QED) is 0.861. The Balaban J connectivity index is 2.94. The number of carbonyl (C=O) groups is 1. The molecule has 102 valence electrons. The summed E-state index contributed by atoms with van der Waals surface area (Å²) < 4.78 is 39.1. The Labute approximate surface area is 102 Å². The molecule has 5 nitrogen and oxygen atoms in total. The van der Waals surface area contributed by atoms with E-state index in [1.54, 1.807) is 14.0 Å². The number of aryl methyl sites for hydroxylation is 2. The SMILES string of the molecule is CCc1nn(C)cc1NC(=O)C(C)(N)C(F)(F)F. The summed E-state index contributed by atoms with van der Waals surface area (Å²) in [5.41, 5.74) is 2.83. The first-order valence-electron chi connectivity index (χ1n) is 5.29. The Kier molecular flexibility index (Phi) is 3.70. The first-order chi connectivity index (χ1) is 8.09. The van der Waals surface area contributed by atoms with Crippen molar-refractivity contribution in [2.75, 3.05) is 5.32 Å². The summed E-state index contributed by atoms with van der Waals surface area (Å²) in [4.78, 5) is 11.6. The number of rotatable bonds is 3. The topological polar surface area (TPSA) is 72.9 Å².